The Labute approximate surface area is 167 Å². The first-order chi connectivity index (χ1) is 13.2. The maximum Gasteiger partial charge on any atom is 0.407 e. The van der Waals surface area contributed by atoms with Crippen molar-refractivity contribution in [2.24, 2.45) is 5.92 Å². The Morgan fingerprint density at radius 1 is 1.21 bits per heavy atom. The van der Waals surface area contributed by atoms with Crippen LogP contribution in [0.1, 0.15) is 52.5 Å². The molecule has 1 unspecified atom stereocenters. The van der Waals surface area contributed by atoms with Crippen LogP contribution in [0.3, 0.4) is 0 Å². The van der Waals surface area contributed by atoms with Gasteiger partial charge in [0.2, 0.25) is 0 Å². The molecule has 0 bridgehead atoms. The molecule has 28 heavy (non-hydrogen) atoms. The summed E-state index contributed by atoms with van der Waals surface area (Å²) < 4.78 is 10.7. The van der Waals surface area contributed by atoms with Gasteiger partial charge in [0.1, 0.15) is 12.2 Å². The number of hydrogen-bond donors (Lipinski definition) is 1. The molecule has 2 rings (SSSR count). The SMILES string of the molecule is C[C@H](CC1=CC=CC(CC(=O)OCc2ccccc2)C1)NC(=O)OC(C)(C)C. The largest absolute Gasteiger partial charge is 0.461 e. The molecular formula is C23H31NO4. The predicted octanol–water partition coefficient (Wildman–Crippen LogP) is 4.93. The molecule has 0 fully saturated rings. The zero-order valence-electron chi connectivity index (χ0n) is 17.2. The fourth-order valence-corrected chi connectivity index (χ4v) is 3.08. The van der Waals surface area contributed by atoms with Crippen molar-refractivity contribution in [1.29, 1.82) is 0 Å². The van der Waals surface area contributed by atoms with Gasteiger partial charge in [0, 0.05) is 6.04 Å². The van der Waals surface area contributed by atoms with Gasteiger partial charge in [-0.1, -0.05) is 54.1 Å². The number of carbonyl (C=O) groups is 2. The second-order valence-electron chi connectivity index (χ2n) is 8.28. The fraction of sp³-hybridized carbons (Fsp3) is 0.478. The van der Waals surface area contributed by atoms with Crippen molar-refractivity contribution in [2.75, 3.05) is 0 Å². The minimum Gasteiger partial charge on any atom is -0.461 e. The quantitative estimate of drug-likeness (QED) is 0.676. The van der Waals surface area contributed by atoms with Gasteiger partial charge < -0.3 is 14.8 Å². The van der Waals surface area contributed by atoms with E-state index in [4.69, 9.17) is 9.47 Å². The van der Waals surface area contributed by atoms with Gasteiger partial charge in [-0.25, -0.2) is 4.79 Å². The Kier molecular flexibility index (Phi) is 7.85. The van der Waals surface area contributed by atoms with Crippen molar-refractivity contribution in [3.63, 3.8) is 0 Å². The lowest BCUT2D eigenvalue weighted by molar-refractivity contribution is -0.145. The highest BCUT2D eigenvalue weighted by Gasteiger charge is 2.20. The van der Waals surface area contributed by atoms with Gasteiger partial charge in [0.05, 0.1) is 6.42 Å². The van der Waals surface area contributed by atoms with E-state index >= 15 is 0 Å². The lowest BCUT2D eigenvalue weighted by atomic mass is 9.89. The molecule has 0 saturated carbocycles. The molecule has 1 aromatic rings. The lowest BCUT2D eigenvalue weighted by Gasteiger charge is -2.24. The molecule has 0 aromatic heterocycles. The smallest absolute Gasteiger partial charge is 0.407 e. The molecule has 1 aromatic carbocycles. The van der Waals surface area contributed by atoms with Gasteiger partial charge in [-0.05, 0) is 52.0 Å². The van der Waals surface area contributed by atoms with E-state index in [-0.39, 0.29) is 17.9 Å². The number of nitrogens with one attached hydrogen (secondary N) is 1. The third-order valence-corrected chi connectivity index (χ3v) is 4.24. The van der Waals surface area contributed by atoms with Crippen LogP contribution in [0.4, 0.5) is 4.79 Å². The molecule has 0 saturated heterocycles. The molecule has 0 radical (unpaired) electrons. The molecule has 1 amide bonds. The average Bonchev–Trinajstić information content (AvgIpc) is 2.59. The van der Waals surface area contributed by atoms with Crippen molar-refractivity contribution < 1.29 is 19.1 Å². The summed E-state index contributed by atoms with van der Waals surface area (Å²) in [5, 5.41) is 2.86. The van der Waals surface area contributed by atoms with Crippen molar-refractivity contribution >= 4 is 12.1 Å². The molecule has 152 valence electrons. The number of rotatable bonds is 7. The van der Waals surface area contributed by atoms with Crippen molar-refractivity contribution in [2.45, 2.75) is 65.2 Å². The van der Waals surface area contributed by atoms with Crippen LogP contribution in [0.2, 0.25) is 0 Å². The molecule has 1 aliphatic carbocycles. The van der Waals surface area contributed by atoms with E-state index in [2.05, 4.69) is 11.4 Å². The van der Waals surface area contributed by atoms with Gasteiger partial charge in [0.25, 0.3) is 0 Å². The normalized spacial score (nSPS) is 17.4. The summed E-state index contributed by atoms with van der Waals surface area (Å²) in [6.07, 6.45) is 7.53. The first-order valence-corrected chi connectivity index (χ1v) is 9.76. The summed E-state index contributed by atoms with van der Waals surface area (Å²) in [5.74, 6) is -0.0725. The molecule has 2 atom stereocenters. The Bertz CT molecular complexity index is 716. The number of carbonyl (C=O) groups excluding carboxylic acids is 2. The number of amides is 1. The fourth-order valence-electron chi connectivity index (χ4n) is 3.08. The summed E-state index contributed by atoms with van der Waals surface area (Å²) in [6, 6.07) is 9.62. The summed E-state index contributed by atoms with van der Waals surface area (Å²) in [6.45, 7) is 7.77. The predicted molar refractivity (Wildman–Crippen MR) is 110 cm³/mol. The van der Waals surface area contributed by atoms with Gasteiger partial charge >= 0.3 is 12.1 Å². The van der Waals surface area contributed by atoms with Gasteiger partial charge in [-0.15, -0.1) is 0 Å². The van der Waals surface area contributed by atoms with E-state index in [1.54, 1.807) is 0 Å². The molecule has 5 nitrogen and oxygen atoms in total. The Hall–Kier alpha value is -2.56. The Morgan fingerprint density at radius 3 is 2.61 bits per heavy atom. The average molecular weight is 386 g/mol. The maximum atomic E-state index is 12.1. The highest BCUT2D eigenvalue weighted by molar-refractivity contribution is 5.70. The number of esters is 1. The zero-order valence-corrected chi connectivity index (χ0v) is 17.2. The molecule has 1 aliphatic rings. The molecule has 0 heterocycles. The standard InChI is InChI=1S/C23H31NO4/c1-17(24-22(26)28-23(2,3)4)13-19-11-8-12-20(14-19)15-21(25)27-16-18-9-6-5-7-10-18/h5-12,17,20H,13-16H2,1-4H3,(H,24,26)/t17-,20?/m1/s1. The maximum absolute atomic E-state index is 12.1. The number of hydrogen-bond acceptors (Lipinski definition) is 4. The lowest BCUT2D eigenvalue weighted by Crippen LogP contribution is -2.38. The van der Waals surface area contributed by atoms with Gasteiger partial charge in [-0.3, -0.25) is 4.79 Å². The Morgan fingerprint density at radius 2 is 1.93 bits per heavy atom. The highest BCUT2D eigenvalue weighted by atomic mass is 16.6. The summed E-state index contributed by atoms with van der Waals surface area (Å²) in [5.41, 5.74) is 1.67. The number of benzene rings is 1. The van der Waals surface area contributed by atoms with E-state index in [1.165, 1.54) is 5.57 Å². The number of ether oxygens (including phenoxy) is 2. The van der Waals surface area contributed by atoms with E-state index < -0.39 is 11.7 Å². The molecule has 1 N–H and O–H groups in total. The zero-order chi connectivity index (χ0) is 20.6. The van der Waals surface area contributed by atoms with Crippen molar-refractivity contribution in [3.8, 4) is 0 Å². The second kappa shape index (κ2) is 10.1. The summed E-state index contributed by atoms with van der Waals surface area (Å²) >= 11 is 0. The van der Waals surface area contributed by atoms with Gasteiger partial charge in [0.15, 0.2) is 0 Å². The molecule has 0 spiro atoms. The monoisotopic (exact) mass is 385 g/mol. The van der Waals surface area contributed by atoms with E-state index in [9.17, 15) is 9.59 Å². The third-order valence-electron chi connectivity index (χ3n) is 4.24. The number of allylic oxidation sites excluding steroid dienone is 3. The van der Waals surface area contributed by atoms with Crippen molar-refractivity contribution in [3.05, 3.63) is 59.7 Å². The third kappa shape index (κ3) is 8.42. The molecule has 5 heteroatoms. The van der Waals surface area contributed by atoms with Gasteiger partial charge in [-0.2, -0.15) is 0 Å². The second-order valence-corrected chi connectivity index (χ2v) is 8.28. The van der Waals surface area contributed by atoms with Crippen molar-refractivity contribution in [1.82, 2.24) is 5.32 Å². The highest BCUT2D eigenvalue weighted by Crippen LogP contribution is 2.25. The summed E-state index contributed by atoms with van der Waals surface area (Å²) in [7, 11) is 0. The van der Waals surface area contributed by atoms with Crippen LogP contribution >= 0.6 is 0 Å². The first kappa shape index (κ1) is 21.7. The van der Waals surface area contributed by atoms with E-state index in [0.717, 1.165) is 18.4 Å². The van der Waals surface area contributed by atoms with Crippen LogP contribution in [0, 0.1) is 5.92 Å². The van der Waals surface area contributed by atoms with Crippen LogP contribution in [-0.2, 0) is 20.9 Å². The van der Waals surface area contributed by atoms with Crippen LogP contribution < -0.4 is 5.32 Å². The van der Waals surface area contributed by atoms with Crippen LogP contribution in [-0.4, -0.2) is 23.7 Å². The van der Waals surface area contributed by atoms with Crippen LogP contribution in [0.15, 0.2) is 54.1 Å². The molecule has 0 aliphatic heterocycles. The van der Waals surface area contributed by atoms with Crippen LogP contribution in [0.25, 0.3) is 0 Å². The molecular weight excluding hydrogens is 354 g/mol. The van der Waals surface area contributed by atoms with E-state index in [0.29, 0.717) is 13.0 Å². The minimum absolute atomic E-state index is 0.0433. The van der Waals surface area contributed by atoms with E-state index in [1.807, 2.05) is 70.2 Å². The first-order valence-electron chi connectivity index (χ1n) is 9.76. The minimum atomic E-state index is -0.512. The topological polar surface area (TPSA) is 64.6 Å². The Balaban J connectivity index is 1.74. The van der Waals surface area contributed by atoms with Crippen LogP contribution in [0.5, 0.6) is 0 Å². The summed E-state index contributed by atoms with van der Waals surface area (Å²) in [4.78, 5) is 24.0. The number of alkyl carbamates (subject to hydrolysis) is 1.